The molecule has 0 radical (unpaired) electrons. The number of hydrogen-bond acceptors (Lipinski definition) is 3. The van der Waals surface area contributed by atoms with Gasteiger partial charge in [0.05, 0.1) is 6.04 Å². The normalized spacial score (nSPS) is 22.6. The van der Waals surface area contributed by atoms with E-state index >= 15 is 0 Å². The van der Waals surface area contributed by atoms with Gasteiger partial charge in [0, 0.05) is 13.1 Å². The second kappa shape index (κ2) is 7.67. The Labute approximate surface area is 105 Å². The summed E-state index contributed by atoms with van der Waals surface area (Å²) in [6.07, 6.45) is 4.11. The maximum absolute atomic E-state index is 11.7. The van der Waals surface area contributed by atoms with Gasteiger partial charge < -0.3 is 16.0 Å². The summed E-state index contributed by atoms with van der Waals surface area (Å²) in [5.74, 6) is 0.630. The van der Waals surface area contributed by atoms with Gasteiger partial charge >= 0.3 is 0 Å². The number of carbonyl (C=O) groups is 1. The molecule has 0 aromatic heterocycles. The molecule has 1 rings (SSSR count). The zero-order valence-electron chi connectivity index (χ0n) is 11.2. The Morgan fingerprint density at radius 3 is 2.88 bits per heavy atom. The Kier molecular flexibility index (Phi) is 6.52. The van der Waals surface area contributed by atoms with Crippen molar-refractivity contribution >= 4 is 5.91 Å². The van der Waals surface area contributed by atoms with Crippen molar-refractivity contribution in [3.63, 3.8) is 0 Å². The van der Waals surface area contributed by atoms with Gasteiger partial charge in [-0.2, -0.15) is 0 Å². The lowest BCUT2D eigenvalue weighted by Crippen LogP contribution is -2.42. The van der Waals surface area contributed by atoms with Crippen LogP contribution < -0.4 is 11.1 Å². The third-order valence-electron chi connectivity index (χ3n) is 3.59. The number of carbonyl (C=O) groups excluding carboxylic acids is 1. The summed E-state index contributed by atoms with van der Waals surface area (Å²) in [5.41, 5.74) is 5.82. The lowest BCUT2D eigenvalue weighted by molar-refractivity contribution is -0.122. The SMILES string of the molecule is CCCCC(N)C(=O)NCC1CCN(CC)C1. The Morgan fingerprint density at radius 1 is 1.53 bits per heavy atom. The van der Waals surface area contributed by atoms with E-state index in [9.17, 15) is 4.79 Å². The predicted octanol–water partition coefficient (Wildman–Crippen LogP) is 0.962. The van der Waals surface area contributed by atoms with E-state index < -0.39 is 0 Å². The van der Waals surface area contributed by atoms with E-state index in [4.69, 9.17) is 5.73 Å². The second-order valence-electron chi connectivity index (χ2n) is 5.04. The number of nitrogens with one attached hydrogen (secondary N) is 1. The zero-order chi connectivity index (χ0) is 12.7. The molecule has 2 atom stereocenters. The summed E-state index contributed by atoms with van der Waals surface area (Å²) in [6, 6.07) is -0.321. The quantitative estimate of drug-likeness (QED) is 0.698. The third kappa shape index (κ3) is 5.04. The van der Waals surface area contributed by atoms with Gasteiger partial charge in [-0.05, 0) is 31.8 Å². The largest absolute Gasteiger partial charge is 0.354 e. The molecule has 1 aliphatic heterocycles. The molecule has 1 saturated heterocycles. The van der Waals surface area contributed by atoms with Crippen molar-refractivity contribution in [3.05, 3.63) is 0 Å². The molecule has 1 aliphatic rings. The number of amides is 1. The predicted molar refractivity (Wildman–Crippen MR) is 70.7 cm³/mol. The summed E-state index contributed by atoms with van der Waals surface area (Å²) in [5, 5.41) is 2.99. The highest BCUT2D eigenvalue weighted by molar-refractivity contribution is 5.81. The van der Waals surface area contributed by atoms with Crippen LogP contribution in [0.3, 0.4) is 0 Å². The minimum absolute atomic E-state index is 0.0217. The summed E-state index contributed by atoms with van der Waals surface area (Å²) < 4.78 is 0. The molecule has 17 heavy (non-hydrogen) atoms. The van der Waals surface area contributed by atoms with Gasteiger partial charge in [-0.15, -0.1) is 0 Å². The molecule has 1 heterocycles. The molecular weight excluding hydrogens is 214 g/mol. The number of nitrogens with zero attached hydrogens (tertiary/aromatic N) is 1. The van der Waals surface area contributed by atoms with E-state index in [2.05, 4.69) is 24.1 Å². The molecule has 0 saturated carbocycles. The van der Waals surface area contributed by atoms with Crippen molar-refractivity contribution in [2.75, 3.05) is 26.2 Å². The fraction of sp³-hybridized carbons (Fsp3) is 0.923. The van der Waals surface area contributed by atoms with Gasteiger partial charge in [-0.3, -0.25) is 4.79 Å². The molecular formula is C13H27N3O. The van der Waals surface area contributed by atoms with E-state index in [-0.39, 0.29) is 11.9 Å². The molecule has 0 aromatic carbocycles. The van der Waals surface area contributed by atoms with Crippen LogP contribution in [-0.2, 0) is 4.79 Å². The van der Waals surface area contributed by atoms with Crippen LogP contribution in [0, 0.1) is 5.92 Å². The molecule has 1 amide bonds. The molecule has 0 aliphatic carbocycles. The van der Waals surface area contributed by atoms with Gasteiger partial charge in [0.25, 0.3) is 0 Å². The first-order valence-corrected chi connectivity index (χ1v) is 6.93. The number of rotatable bonds is 7. The van der Waals surface area contributed by atoms with Gasteiger partial charge in [0.1, 0.15) is 0 Å². The molecule has 0 aromatic rings. The van der Waals surface area contributed by atoms with Crippen molar-refractivity contribution in [3.8, 4) is 0 Å². The smallest absolute Gasteiger partial charge is 0.236 e. The Hall–Kier alpha value is -0.610. The zero-order valence-corrected chi connectivity index (χ0v) is 11.2. The average molecular weight is 241 g/mol. The van der Waals surface area contributed by atoms with E-state index in [0.29, 0.717) is 5.92 Å². The first kappa shape index (κ1) is 14.5. The van der Waals surface area contributed by atoms with Crippen molar-refractivity contribution < 1.29 is 4.79 Å². The maximum atomic E-state index is 11.7. The van der Waals surface area contributed by atoms with Crippen LogP contribution in [0.15, 0.2) is 0 Å². The lowest BCUT2D eigenvalue weighted by Gasteiger charge is -2.16. The highest BCUT2D eigenvalue weighted by atomic mass is 16.2. The van der Waals surface area contributed by atoms with E-state index in [1.807, 2.05) is 0 Å². The number of likely N-dealkylation sites (tertiary alicyclic amines) is 1. The minimum Gasteiger partial charge on any atom is -0.354 e. The molecule has 4 nitrogen and oxygen atoms in total. The minimum atomic E-state index is -0.321. The van der Waals surface area contributed by atoms with E-state index in [1.54, 1.807) is 0 Å². The summed E-state index contributed by atoms with van der Waals surface area (Å²) in [7, 11) is 0. The molecule has 2 unspecified atom stereocenters. The molecule has 0 spiro atoms. The molecule has 4 heteroatoms. The fourth-order valence-electron chi connectivity index (χ4n) is 2.30. The number of hydrogen-bond donors (Lipinski definition) is 2. The molecule has 3 N–H and O–H groups in total. The number of unbranched alkanes of at least 4 members (excludes halogenated alkanes) is 1. The van der Waals surface area contributed by atoms with Gasteiger partial charge in [-0.25, -0.2) is 0 Å². The summed E-state index contributed by atoms with van der Waals surface area (Å²) in [6.45, 7) is 8.47. The first-order chi connectivity index (χ1) is 8.17. The van der Waals surface area contributed by atoms with E-state index in [0.717, 1.165) is 38.9 Å². The van der Waals surface area contributed by atoms with Crippen LogP contribution in [0.4, 0.5) is 0 Å². The molecule has 1 fully saturated rings. The van der Waals surface area contributed by atoms with Crippen molar-refractivity contribution in [2.45, 2.75) is 45.6 Å². The average Bonchev–Trinajstić information content (AvgIpc) is 2.80. The monoisotopic (exact) mass is 241 g/mol. The number of nitrogens with two attached hydrogens (primary N) is 1. The van der Waals surface area contributed by atoms with Crippen molar-refractivity contribution in [2.24, 2.45) is 11.7 Å². The fourth-order valence-corrected chi connectivity index (χ4v) is 2.30. The topological polar surface area (TPSA) is 58.4 Å². The maximum Gasteiger partial charge on any atom is 0.236 e. The second-order valence-corrected chi connectivity index (χ2v) is 5.04. The Bertz CT molecular complexity index is 233. The van der Waals surface area contributed by atoms with Gasteiger partial charge in [0.15, 0.2) is 0 Å². The summed E-state index contributed by atoms with van der Waals surface area (Å²) in [4.78, 5) is 14.1. The Morgan fingerprint density at radius 2 is 2.29 bits per heavy atom. The standard InChI is InChI=1S/C13H27N3O/c1-3-5-6-12(14)13(17)15-9-11-7-8-16(4-2)10-11/h11-12H,3-10,14H2,1-2H3,(H,15,17). The van der Waals surface area contributed by atoms with Gasteiger partial charge in [0.2, 0.25) is 5.91 Å². The lowest BCUT2D eigenvalue weighted by atomic mass is 10.1. The third-order valence-corrected chi connectivity index (χ3v) is 3.59. The highest BCUT2D eigenvalue weighted by Crippen LogP contribution is 2.14. The van der Waals surface area contributed by atoms with E-state index in [1.165, 1.54) is 13.0 Å². The van der Waals surface area contributed by atoms with Crippen molar-refractivity contribution in [1.29, 1.82) is 0 Å². The van der Waals surface area contributed by atoms with Crippen LogP contribution in [0.2, 0.25) is 0 Å². The van der Waals surface area contributed by atoms with Crippen LogP contribution in [0.1, 0.15) is 39.5 Å². The van der Waals surface area contributed by atoms with Crippen LogP contribution in [-0.4, -0.2) is 43.0 Å². The highest BCUT2D eigenvalue weighted by Gasteiger charge is 2.22. The van der Waals surface area contributed by atoms with Gasteiger partial charge in [-0.1, -0.05) is 26.7 Å². The van der Waals surface area contributed by atoms with Crippen LogP contribution in [0.25, 0.3) is 0 Å². The van der Waals surface area contributed by atoms with Crippen molar-refractivity contribution in [1.82, 2.24) is 10.2 Å². The first-order valence-electron chi connectivity index (χ1n) is 6.93. The van der Waals surface area contributed by atoms with Crippen LogP contribution in [0.5, 0.6) is 0 Å². The summed E-state index contributed by atoms with van der Waals surface area (Å²) >= 11 is 0. The molecule has 100 valence electrons. The van der Waals surface area contributed by atoms with Crippen LogP contribution >= 0.6 is 0 Å². The Balaban J connectivity index is 2.15. The molecule has 0 bridgehead atoms.